The lowest BCUT2D eigenvalue weighted by molar-refractivity contribution is 0.0880. The summed E-state index contributed by atoms with van der Waals surface area (Å²) in [6.07, 6.45) is 9.39. The van der Waals surface area contributed by atoms with E-state index in [1.165, 1.54) is 5.69 Å². The Labute approximate surface area is 152 Å². The molecule has 0 spiro atoms. The van der Waals surface area contributed by atoms with Gasteiger partial charge in [-0.3, -0.25) is 14.4 Å². The maximum atomic E-state index is 12.6. The quantitative estimate of drug-likeness (QED) is 0.778. The summed E-state index contributed by atoms with van der Waals surface area (Å²) in [5, 5.41) is 7.45. The van der Waals surface area contributed by atoms with Crippen molar-refractivity contribution in [3.05, 3.63) is 54.4 Å². The van der Waals surface area contributed by atoms with E-state index in [2.05, 4.69) is 33.4 Å². The number of likely N-dealkylation sites (tertiary alicyclic amines) is 1. The molecule has 3 aromatic heterocycles. The van der Waals surface area contributed by atoms with Crippen LogP contribution in [-0.4, -0.2) is 50.1 Å². The number of aryl methyl sites for hydroxylation is 1. The first-order valence-corrected chi connectivity index (χ1v) is 9.01. The molecule has 26 heavy (non-hydrogen) atoms. The molecule has 0 bridgehead atoms. The lowest BCUT2D eigenvalue weighted by Gasteiger charge is -2.39. The molecule has 1 N–H and O–H groups in total. The summed E-state index contributed by atoms with van der Waals surface area (Å²) in [5.74, 6) is 0.322. The van der Waals surface area contributed by atoms with Crippen molar-refractivity contribution in [1.29, 1.82) is 0 Å². The van der Waals surface area contributed by atoms with E-state index in [0.29, 0.717) is 18.0 Å². The number of nitrogens with zero attached hydrogens (tertiary/aromatic N) is 5. The molecule has 2 atom stereocenters. The summed E-state index contributed by atoms with van der Waals surface area (Å²) in [4.78, 5) is 19.1. The van der Waals surface area contributed by atoms with Gasteiger partial charge < -0.3 is 9.72 Å². The SMILES string of the molecule is CN1CCC[C@@H](CNC(=O)c2ccc3cncn3c2)[C@@H]1c1ccnn1C. The Morgan fingerprint density at radius 1 is 1.31 bits per heavy atom. The number of amides is 1. The van der Waals surface area contributed by atoms with Crippen molar-refractivity contribution in [2.45, 2.75) is 18.9 Å². The van der Waals surface area contributed by atoms with Gasteiger partial charge in [0.05, 0.1) is 35.3 Å². The van der Waals surface area contributed by atoms with Crippen LogP contribution in [0.5, 0.6) is 0 Å². The first-order valence-electron chi connectivity index (χ1n) is 9.01. The van der Waals surface area contributed by atoms with Gasteiger partial charge in [0, 0.05) is 26.0 Å². The Hall–Kier alpha value is -2.67. The average molecular weight is 352 g/mol. The molecule has 4 heterocycles. The highest BCUT2D eigenvalue weighted by Gasteiger charge is 2.32. The zero-order valence-corrected chi connectivity index (χ0v) is 15.2. The van der Waals surface area contributed by atoms with Crippen molar-refractivity contribution in [3.8, 4) is 0 Å². The highest BCUT2D eigenvalue weighted by atomic mass is 16.1. The molecule has 0 aliphatic carbocycles. The number of fused-ring (bicyclic) bond motifs is 1. The van der Waals surface area contributed by atoms with E-state index < -0.39 is 0 Å². The Balaban J connectivity index is 1.48. The van der Waals surface area contributed by atoms with Crippen molar-refractivity contribution >= 4 is 11.4 Å². The number of hydrogen-bond donors (Lipinski definition) is 1. The third-order valence-corrected chi connectivity index (χ3v) is 5.36. The van der Waals surface area contributed by atoms with Crippen LogP contribution >= 0.6 is 0 Å². The van der Waals surface area contributed by atoms with Gasteiger partial charge in [-0.15, -0.1) is 0 Å². The average Bonchev–Trinajstić information content (AvgIpc) is 3.27. The maximum Gasteiger partial charge on any atom is 0.252 e. The van der Waals surface area contributed by atoms with Crippen molar-refractivity contribution in [1.82, 2.24) is 29.4 Å². The molecule has 3 aromatic rings. The number of carbonyl (C=O) groups is 1. The van der Waals surface area contributed by atoms with Crippen molar-refractivity contribution in [2.24, 2.45) is 13.0 Å². The fraction of sp³-hybridized carbons (Fsp3) is 0.421. The lowest BCUT2D eigenvalue weighted by atomic mass is 9.87. The summed E-state index contributed by atoms with van der Waals surface area (Å²) in [6, 6.07) is 6.11. The predicted molar refractivity (Wildman–Crippen MR) is 98.8 cm³/mol. The van der Waals surface area contributed by atoms with Gasteiger partial charge in [-0.05, 0) is 50.6 Å². The molecule has 0 saturated carbocycles. The second-order valence-electron chi connectivity index (χ2n) is 7.06. The standard InChI is InChI=1S/C19H24N6O/c1-23-9-3-4-14(18(23)17-7-8-22-24(17)2)10-21-19(26)15-5-6-16-11-20-13-25(16)12-15/h5-8,11-14,18H,3-4,9-10H2,1-2H3,(H,21,26)/t14-,18+/m0/s1. The van der Waals surface area contributed by atoms with Crippen LogP contribution < -0.4 is 5.32 Å². The van der Waals surface area contributed by atoms with Gasteiger partial charge in [0.2, 0.25) is 0 Å². The minimum atomic E-state index is -0.0439. The van der Waals surface area contributed by atoms with Crippen LogP contribution in [0.3, 0.4) is 0 Å². The smallest absolute Gasteiger partial charge is 0.252 e. The molecule has 1 saturated heterocycles. The predicted octanol–water partition coefficient (Wildman–Crippen LogP) is 1.88. The second-order valence-corrected chi connectivity index (χ2v) is 7.06. The molecule has 1 amide bonds. The summed E-state index contributed by atoms with van der Waals surface area (Å²) < 4.78 is 3.80. The van der Waals surface area contributed by atoms with E-state index in [9.17, 15) is 4.79 Å². The number of pyridine rings is 1. The monoisotopic (exact) mass is 352 g/mol. The minimum absolute atomic E-state index is 0.0439. The molecule has 0 unspecified atom stereocenters. The topological polar surface area (TPSA) is 67.5 Å². The first kappa shape index (κ1) is 16.8. The lowest BCUT2D eigenvalue weighted by Crippen LogP contribution is -2.42. The van der Waals surface area contributed by atoms with Crippen LogP contribution in [-0.2, 0) is 7.05 Å². The molecule has 7 nitrogen and oxygen atoms in total. The third-order valence-electron chi connectivity index (χ3n) is 5.36. The molecular formula is C19H24N6O. The number of piperidine rings is 1. The Kier molecular flexibility index (Phi) is 4.46. The van der Waals surface area contributed by atoms with E-state index in [-0.39, 0.29) is 11.9 Å². The number of aromatic nitrogens is 4. The van der Waals surface area contributed by atoms with Crippen LogP contribution in [0, 0.1) is 5.92 Å². The van der Waals surface area contributed by atoms with Gasteiger partial charge in [0.1, 0.15) is 0 Å². The second kappa shape index (κ2) is 6.92. The normalized spacial score (nSPS) is 21.2. The van der Waals surface area contributed by atoms with Gasteiger partial charge in [-0.2, -0.15) is 5.10 Å². The zero-order chi connectivity index (χ0) is 18.1. The molecule has 7 heteroatoms. The van der Waals surface area contributed by atoms with E-state index in [1.54, 1.807) is 12.5 Å². The van der Waals surface area contributed by atoms with Crippen LogP contribution in [0.2, 0.25) is 0 Å². The van der Waals surface area contributed by atoms with Crippen LogP contribution in [0.1, 0.15) is 34.9 Å². The van der Waals surface area contributed by atoms with Crippen LogP contribution in [0.25, 0.3) is 5.52 Å². The number of rotatable bonds is 4. The van der Waals surface area contributed by atoms with Crippen LogP contribution in [0.4, 0.5) is 0 Å². The van der Waals surface area contributed by atoms with E-state index >= 15 is 0 Å². The molecule has 1 aliphatic rings. The molecule has 0 radical (unpaired) electrons. The fourth-order valence-corrected chi connectivity index (χ4v) is 3.99. The molecule has 4 rings (SSSR count). The molecule has 0 aromatic carbocycles. The fourth-order valence-electron chi connectivity index (χ4n) is 3.99. The zero-order valence-electron chi connectivity index (χ0n) is 15.2. The molecule has 136 valence electrons. The van der Waals surface area contributed by atoms with Crippen LogP contribution in [0.15, 0.2) is 43.1 Å². The van der Waals surface area contributed by atoms with Crippen molar-refractivity contribution in [3.63, 3.8) is 0 Å². The first-order chi connectivity index (χ1) is 12.6. The number of hydrogen-bond acceptors (Lipinski definition) is 4. The Bertz CT molecular complexity index is 914. The maximum absolute atomic E-state index is 12.6. The van der Waals surface area contributed by atoms with Gasteiger partial charge in [-0.1, -0.05) is 0 Å². The van der Waals surface area contributed by atoms with E-state index in [0.717, 1.165) is 24.9 Å². The Morgan fingerprint density at radius 3 is 3.00 bits per heavy atom. The number of nitrogens with one attached hydrogen (secondary N) is 1. The number of imidazole rings is 1. The van der Waals surface area contributed by atoms with Crippen molar-refractivity contribution < 1.29 is 4.79 Å². The van der Waals surface area contributed by atoms with Gasteiger partial charge in [0.25, 0.3) is 5.91 Å². The molecule has 1 fully saturated rings. The van der Waals surface area contributed by atoms with Crippen molar-refractivity contribution in [2.75, 3.05) is 20.1 Å². The summed E-state index contributed by atoms with van der Waals surface area (Å²) in [5.41, 5.74) is 2.83. The van der Waals surface area contributed by atoms with Gasteiger partial charge >= 0.3 is 0 Å². The summed E-state index contributed by atoms with van der Waals surface area (Å²) in [6.45, 7) is 1.72. The largest absolute Gasteiger partial charge is 0.352 e. The minimum Gasteiger partial charge on any atom is -0.352 e. The number of carbonyl (C=O) groups excluding carboxylic acids is 1. The molecule has 1 aliphatic heterocycles. The Morgan fingerprint density at radius 2 is 2.19 bits per heavy atom. The highest BCUT2D eigenvalue weighted by molar-refractivity contribution is 5.94. The van der Waals surface area contributed by atoms with Gasteiger partial charge in [0.15, 0.2) is 0 Å². The molecular weight excluding hydrogens is 328 g/mol. The van der Waals surface area contributed by atoms with Gasteiger partial charge in [-0.25, -0.2) is 4.98 Å². The van der Waals surface area contributed by atoms with E-state index in [4.69, 9.17) is 0 Å². The third kappa shape index (κ3) is 3.10. The summed E-state index contributed by atoms with van der Waals surface area (Å²) >= 11 is 0. The van der Waals surface area contributed by atoms with E-state index in [1.807, 2.05) is 40.7 Å². The summed E-state index contributed by atoms with van der Waals surface area (Å²) in [7, 11) is 4.13. The highest BCUT2D eigenvalue weighted by Crippen LogP contribution is 2.34.